The number of sulfone groups is 2. The van der Waals surface area contributed by atoms with Crippen LogP contribution in [0.5, 0.6) is 0 Å². The lowest BCUT2D eigenvalue weighted by molar-refractivity contribution is 0.0700. The average Bonchev–Trinajstić information content (AvgIpc) is 3.04. The molecule has 8 nitrogen and oxygen atoms in total. The lowest BCUT2D eigenvalue weighted by Crippen LogP contribution is -2.55. The normalized spacial score (nSPS) is 24.9. The number of carbonyl (C=O) groups is 1. The Bertz CT molecular complexity index is 965. The average molecular weight is 459 g/mol. The molecule has 2 heterocycles. The summed E-state index contributed by atoms with van der Waals surface area (Å²) in [7, 11) is -7.29. The Labute approximate surface area is 179 Å². The van der Waals surface area contributed by atoms with Crippen LogP contribution >= 0.6 is 0 Å². The summed E-state index contributed by atoms with van der Waals surface area (Å²) >= 11 is 0. The van der Waals surface area contributed by atoms with Gasteiger partial charge in [-0.2, -0.15) is 0 Å². The molecule has 30 heavy (non-hydrogen) atoms. The van der Waals surface area contributed by atoms with Crippen molar-refractivity contribution < 1.29 is 26.4 Å². The molecule has 2 atom stereocenters. The Hall–Kier alpha value is -1.65. The van der Waals surface area contributed by atoms with E-state index >= 15 is 0 Å². The third-order valence-corrected chi connectivity index (χ3v) is 9.99. The minimum Gasteiger partial charge on any atom is -0.450 e. The molecular formula is C20H30N2O6S2. The minimum atomic E-state index is -3.82. The van der Waals surface area contributed by atoms with Crippen LogP contribution in [0.2, 0.25) is 0 Å². The molecule has 0 aromatic heterocycles. The number of benzene rings is 1. The molecule has 1 aromatic rings. The summed E-state index contributed by atoms with van der Waals surface area (Å²) in [5.74, 6) is -0.276. The van der Waals surface area contributed by atoms with E-state index in [1.54, 1.807) is 36.1 Å². The third kappa shape index (κ3) is 4.81. The fourth-order valence-corrected chi connectivity index (χ4v) is 8.93. The maximum absolute atomic E-state index is 13.3. The summed E-state index contributed by atoms with van der Waals surface area (Å²) in [4.78, 5) is 15.5. The van der Waals surface area contributed by atoms with Crippen LogP contribution in [0.1, 0.15) is 32.3 Å². The third-order valence-electron chi connectivity index (χ3n) is 5.86. The molecule has 1 amide bonds. The first-order valence-electron chi connectivity index (χ1n) is 10.2. The Morgan fingerprint density at radius 2 is 1.70 bits per heavy atom. The maximum atomic E-state index is 13.3. The van der Waals surface area contributed by atoms with Crippen molar-refractivity contribution in [3.8, 4) is 0 Å². The number of hydrogen-bond donors (Lipinski definition) is 0. The van der Waals surface area contributed by atoms with Gasteiger partial charge >= 0.3 is 6.09 Å². The molecule has 0 aliphatic carbocycles. The monoisotopic (exact) mass is 458 g/mol. The van der Waals surface area contributed by atoms with Crippen molar-refractivity contribution in [3.63, 3.8) is 0 Å². The van der Waals surface area contributed by atoms with Crippen LogP contribution < -0.4 is 0 Å². The van der Waals surface area contributed by atoms with Gasteiger partial charge in [0.25, 0.3) is 0 Å². The molecule has 0 bridgehead atoms. The minimum absolute atomic E-state index is 0.157. The van der Waals surface area contributed by atoms with Gasteiger partial charge in [-0.15, -0.1) is 0 Å². The number of carbonyl (C=O) groups excluding carboxylic acids is 1. The highest BCUT2D eigenvalue weighted by atomic mass is 32.2. The van der Waals surface area contributed by atoms with Gasteiger partial charge in [-0.25, -0.2) is 21.6 Å². The maximum Gasteiger partial charge on any atom is 0.409 e. The van der Waals surface area contributed by atoms with Crippen LogP contribution in [-0.2, 0) is 24.4 Å². The number of amides is 1. The van der Waals surface area contributed by atoms with Crippen molar-refractivity contribution in [1.82, 2.24) is 9.80 Å². The van der Waals surface area contributed by atoms with Gasteiger partial charge < -0.3 is 9.64 Å². The molecule has 3 rings (SSSR count). The van der Waals surface area contributed by atoms with Gasteiger partial charge in [0.05, 0.1) is 28.3 Å². The van der Waals surface area contributed by atoms with Crippen molar-refractivity contribution in [2.75, 3.05) is 44.3 Å². The Kier molecular flexibility index (Phi) is 6.78. The fourth-order valence-electron chi connectivity index (χ4n) is 4.10. The molecule has 0 radical (unpaired) electrons. The van der Waals surface area contributed by atoms with E-state index in [-0.39, 0.29) is 28.9 Å². The van der Waals surface area contributed by atoms with Crippen LogP contribution in [0.3, 0.4) is 0 Å². The predicted molar refractivity (Wildman–Crippen MR) is 114 cm³/mol. The van der Waals surface area contributed by atoms with E-state index in [9.17, 15) is 21.6 Å². The number of ether oxygens (including phenoxy) is 1. The summed E-state index contributed by atoms with van der Waals surface area (Å²) < 4.78 is 56.5. The highest BCUT2D eigenvalue weighted by Gasteiger charge is 2.48. The number of piperazine rings is 1. The zero-order valence-corrected chi connectivity index (χ0v) is 19.3. The Balaban J connectivity index is 1.80. The Morgan fingerprint density at radius 3 is 2.23 bits per heavy atom. The van der Waals surface area contributed by atoms with E-state index in [2.05, 4.69) is 0 Å². The molecule has 2 aliphatic rings. The standard InChI is InChI=1S/C20H30N2O6S2/c1-4-28-20(23)22-11-9-21(10-12-22)18-13-29(24,25)14-19(18)30(26,27)17-7-5-16(6-8-17)15(2)3/h5-8,15,18-19H,4,9-14H2,1-3H3/t18-,19-/m0/s1. The first-order valence-corrected chi connectivity index (χ1v) is 13.6. The highest BCUT2D eigenvalue weighted by Crippen LogP contribution is 2.30. The molecular weight excluding hydrogens is 428 g/mol. The van der Waals surface area contributed by atoms with E-state index < -0.39 is 37.1 Å². The van der Waals surface area contributed by atoms with Crippen molar-refractivity contribution in [1.29, 1.82) is 0 Å². The molecule has 0 saturated carbocycles. The summed E-state index contributed by atoms with van der Waals surface area (Å²) in [5, 5.41) is -1.01. The zero-order valence-electron chi connectivity index (χ0n) is 17.7. The van der Waals surface area contributed by atoms with Crippen LogP contribution in [-0.4, -0.2) is 88.3 Å². The first-order chi connectivity index (χ1) is 14.0. The molecule has 0 spiro atoms. The van der Waals surface area contributed by atoms with E-state index in [0.717, 1.165) is 5.56 Å². The van der Waals surface area contributed by atoms with E-state index in [0.29, 0.717) is 26.2 Å². The van der Waals surface area contributed by atoms with Gasteiger partial charge in [0.15, 0.2) is 19.7 Å². The molecule has 2 saturated heterocycles. The van der Waals surface area contributed by atoms with Gasteiger partial charge in [0.1, 0.15) is 0 Å². The molecule has 0 N–H and O–H groups in total. The lowest BCUT2D eigenvalue weighted by atomic mass is 10.0. The fraction of sp³-hybridized carbons (Fsp3) is 0.650. The topological polar surface area (TPSA) is 101 Å². The van der Waals surface area contributed by atoms with Crippen LogP contribution in [0, 0.1) is 0 Å². The molecule has 168 valence electrons. The number of rotatable bonds is 5. The second-order valence-electron chi connectivity index (χ2n) is 8.17. The molecule has 2 fully saturated rings. The van der Waals surface area contributed by atoms with Crippen LogP contribution in [0.15, 0.2) is 29.2 Å². The van der Waals surface area contributed by atoms with Crippen LogP contribution in [0.4, 0.5) is 4.79 Å². The molecule has 0 unspecified atom stereocenters. The summed E-state index contributed by atoms with van der Waals surface area (Å²) in [6.07, 6.45) is -0.398. The zero-order chi connectivity index (χ0) is 22.1. The van der Waals surface area contributed by atoms with Gasteiger partial charge in [-0.05, 0) is 30.5 Å². The van der Waals surface area contributed by atoms with Crippen molar-refractivity contribution in [2.45, 2.75) is 42.9 Å². The lowest BCUT2D eigenvalue weighted by Gasteiger charge is -2.38. The van der Waals surface area contributed by atoms with Crippen molar-refractivity contribution in [2.24, 2.45) is 0 Å². The van der Waals surface area contributed by atoms with Gasteiger partial charge in [-0.1, -0.05) is 26.0 Å². The highest BCUT2D eigenvalue weighted by molar-refractivity contribution is 7.96. The van der Waals surface area contributed by atoms with Gasteiger partial charge in [-0.3, -0.25) is 4.90 Å². The van der Waals surface area contributed by atoms with Gasteiger partial charge in [0, 0.05) is 32.2 Å². The van der Waals surface area contributed by atoms with E-state index in [1.807, 2.05) is 18.7 Å². The van der Waals surface area contributed by atoms with Crippen molar-refractivity contribution in [3.05, 3.63) is 29.8 Å². The van der Waals surface area contributed by atoms with E-state index in [4.69, 9.17) is 4.74 Å². The summed E-state index contributed by atoms with van der Waals surface area (Å²) in [6.45, 7) is 7.67. The number of hydrogen-bond acceptors (Lipinski definition) is 7. The number of nitrogens with zero attached hydrogens (tertiary/aromatic N) is 2. The SMILES string of the molecule is CCOC(=O)N1CCN([C@H]2CS(=O)(=O)C[C@@H]2S(=O)(=O)c2ccc(C(C)C)cc2)CC1. The Morgan fingerprint density at radius 1 is 1.10 bits per heavy atom. The second kappa shape index (κ2) is 8.84. The van der Waals surface area contributed by atoms with Crippen LogP contribution in [0.25, 0.3) is 0 Å². The van der Waals surface area contributed by atoms with Gasteiger partial charge in [0.2, 0.25) is 0 Å². The predicted octanol–water partition coefficient (Wildman–Crippen LogP) is 1.52. The second-order valence-corrected chi connectivity index (χ2v) is 12.5. The smallest absolute Gasteiger partial charge is 0.409 e. The largest absolute Gasteiger partial charge is 0.450 e. The summed E-state index contributed by atoms with van der Waals surface area (Å²) in [5.41, 5.74) is 1.03. The molecule has 2 aliphatic heterocycles. The molecule has 1 aromatic carbocycles. The quantitative estimate of drug-likeness (QED) is 0.659. The van der Waals surface area contributed by atoms with E-state index in [1.165, 1.54) is 0 Å². The van der Waals surface area contributed by atoms with Crippen molar-refractivity contribution >= 4 is 25.8 Å². The summed E-state index contributed by atoms with van der Waals surface area (Å²) in [6, 6.07) is 6.10. The first kappa shape index (κ1) is 23.0. The molecule has 10 heteroatoms.